The third-order valence-electron chi connectivity index (χ3n) is 3.69. The van der Waals surface area contributed by atoms with Gasteiger partial charge in [-0.1, -0.05) is 12.1 Å². The highest BCUT2D eigenvalue weighted by atomic mass is 32.2. The normalized spacial score (nSPS) is 12.5. The van der Waals surface area contributed by atoms with Gasteiger partial charge in [-0.2, -0.15) is 11.8 Å². The number of nitrogens with zero attached hydrogens (tertiary/aromatic N) is 4. The van der Waals surface area contributed by atoms with Crippen LogP contribution in [0.3, 0.4) is 0 Å². The molecule has 0 aliphatic carbocycles. The van der Waals surface area contributed by atoms with Gasteiger partial charge in [0.2, 0.25) is 5.91 Å². The minimum absolute atomic E-state index is 0.164. The van der Waals surface area contributed by atoms with E-state index in [-0.39, 0.29) is 11.9 Å². The minimum Gasteiger partial charge on any atom is -0.342 e. The molecule has 3 heterocycles. The fourth-order valence-electron chi connectivity index (χ4n) is 2.47. The molecule has 7 heteroatoms. The summed E-state index contributed by atoms with van der Waals surface area (Å²) in [6, 6.07) is 9.27. The minimum atomic E-state index is -0.198. The SMILES string of the molecule is CSCCC(NC(=O)/C=C\c1cccnc1)c1nnc2ccccn12. The summed E-state index contributed by atoms with van der Waals surface area (Å²) in [5.41, 5.74) is 1.65. The molecule has 3 rings (SSSR count). The quantitative estimate of drug-likeness (QED) is 0.661. The zero-order valence-corrected chi connectivity index (χ0v) is 14.7. The summed E-state index contributed by atoms with van der Waals surface area (Å²) in [6.45, 7) is 0. The molecule has 1 N–H and O–H groups in total. The molecule has 0 aliphatic rings. The predicted molar refractivity (Wildman–Crippen MR) is 100 cm³/mol. The van der Waals surface area contributed by atoms with Crippen molar-refractivity contribution in [2.45, 2.75) is 12.5 Å². The Kier molecular flexibility index (Phi) is 5.79. The molecule has 0 bridgehead atoms. The molecular formula is C18H19N5OS. The van der Waals surface area contributed by atoms with E-state index >= 15 is 0 Å². The summed E-state index contributed by atoms with van der Waals surface area (Å²) < 4.78 is 1.91. The topological polar surface area (TPSA) is 72.2 Å². The summed E-state index contributed by atoms with van der Waals surface area (Å²) in [7, 11) is 0. The number of aromatic nitrogens is 4. The van der Waals surface area contributed by atoms with Crippen molar-refractivity contribution in [3.63, 3.8) is 0 Å². The molecule has 0 aliphatic heterocycles. The van der Waals surface area contributed by atoms with Crippen LogP contribution in [0.15, 0.2) is 55.0 Å². The second-order valence-corrected chi connectivity index (χ2v) is 6.43. The van der Waals surface area contributed by atoms with Crippen LogP contribution in [0.2, 0.25) is 0 Å². The Morgan fingerprint density at radius 3 is 3.04 bits per heavy atom. The van der Waals surface area contributed by atoms with Gasteiger partial charge < -0.3 is 5.32 Å². The van der Waals surface area contributed by atoms with Crippen molar-refractivity contribution in [1.82, 2.24) is 24.9 Å². The Hall–Kier alpha value is -2.67. The van der Waals surface area contributed by atoms with Crippen molar-refractivity contribution in [2.75, 3.05) is 12.0 Å². The third kappa shape index (κ3) is 4.45. The van der Waals surface area contributed by atoms with Crippen molar-refractivity contribution in [3.05, 3.63) is 66.4 Å². The lowest BCUT2D eigenvalue weighted by Crippen LogP contribution is -2.29. The second-order valence-electron chi connectivity index (χ2n) is 5.45. The number of thioether (sulfide) groups is 1. The number of rotatable bonds is 7. The molecule has 0 radical (unpaired) electrons. The zero-order valence-electron chi connectivity index (χ0n) is 13.9. The molecule has 3 aromatic heterocycles. The van der Waals surface area contributed by atoms with Gasteiger partial charge in [-0.25, -0.2) is 0 Å². The van der Waals surface area contributed by atoms with E-state index in [9.17, 15) is 4.79 Å². The van der Waals surface area contributed by atoms with Crippen LogP contribution in [-0.4, -0.2) is 37.5 Å². The summed E-state index contributed by atoms with van der Waals surface area (Å²) >= 11 is 1.73. The number of hydrogen-bond acceptors (Lipinski definition) is 5. The smallest absolute Gasteiger partial charge is 0.244 e. The highest BCUT2D eigenvalue weighted by Gasteiger charge is 2.19. The average molecular weight is 353 g/mol. The van der Waals surface area contributed by atoms with Crippen LogP contribution in [0.1, 0.15) is 23.9 Å². The highest BCUT2D eigenvalue weighted by Crippen LogP contribution is 2.18. The van der Waals surface area contributed by atoms with E-state index in [1.807, 2.05) is 47.2 Å². The van der Waals surface area contributed by atoms with E-state index in [4.69, 9.17) is 0 Å². The van der Waals surface area contributed by atoms with Crippen molar-refractivity contribution in [1.29, 1.82) is 0 Å². The maximum atomic E-state index is 12.3. The van der Waals surface area contributed by atoms with Crippen molar-refractivity contribution >= 4 is 29.4 Å². The van der Waals surface area contributed by atoms with Gasteiger partial charge in [-0.05, 0) is 48.3 Å². The van der Waals surface area contributed by atoms with Crippen LogP contribution in [0.4, 0.5) is 0 Å². The predicted octanol–water partition coefficient (Wildman–Crippen LogP) is 2.75. The number of carbonyl (C=O) groups is 1. The second kappa shape index (κ2) is 8.43. The summed E-state index contributed by atoms with van der Waals surface area (Å²) in [5, 5.41) is 11.5. The fraction of sp³-hybridized carbons (Fsp3) is 0.222. The average Bonchev–Trinajstić information content (AvgIpc) is 3.08. The lowest BCUT2D eigenvalue weighted by Gasteiger charge is -2.15. The number of carbonyl (C=O) groups excluding carboxylic acids is 1. The number of nitrogens with one attached hydrogen (secondary N) is 1. The van der Waals surface area contributed by atoms with Crippen LogP contribution < -0.4 is 5.32 Å². The lowest BCUT2D eigenvalue weighted by molar-refractivity contribution is -0.117. The van der Waals surface area contributed by atoms with E-state index < -0.39 is 0 Å². The van der Waals surface area contributed by atoms with Crippen molar-refractivity contribution < 1.29 is 4.79 Å². The Morgan fingerprint density at radius 2 is 2.24 bits per heavy atom. The molecule has 0 saturated heterocycles. The van der Waals surface area contributed by atoms with Crippen LogP contribution in [-0.2, 0) is 4.79 Å². The Morgan fingerprint density at radius 1 is 1.32 bits per heavy atom. The van der Waals surface area contributed by atoms with Crippen LogP contribution >= 0.6 is 11.8 Å². The van der Waals surface area contributed by atoms with Gasteiger partial charge in [0.1, 0.15) is 0 Å². The highest BCUT2D eigenvalue weighted by molar-refractivity contribution is 7.98. The molecule has 25 heavy (non-hydrogen) atoms. The number of pyridine rings is 2. The van der Waals surface area contributed by atoms with Gasteiger partial charge >= 0.3 is 0 Å². The first-order valence-corrected chi connectivity index (χ1v) is 9.34. The first-order chi connectivity index (χ1) is 12.3. The van der Waals surface area contributed by atoms with Gasteiger partial charge in [-0.15, -0.1) is 10.2 Å². The van der Waals surface area contributed by atoms with E-state index in [1.165, 1.54) is 6.08 Å². The van der Waals surface area contributed by atoms with Gasteiger partial charge in [-0.3, -0.25) is 14.2 Å². The lowest BCUT2D eigenvalue weighted by atomic mass is 10.2. The van der Waals surface area contributed by atoms with E-state index in [2.05, 4.69) is 20.5 Å². The largest absolute Gasteiger partial charge is 0.342 e. The number of amides is 1. The summed E-state index contributed by atoms with van der Waals surface area (Å²) in [6.07, 6.45) is 11.4. The molecule has 0 fully saturated rings. The number of fused-ring (bicyclic) bond motifs is 1. The van der Waals surface area contributed by atoms with Crippen LogP contribution in [0, 0.1) is 0 Å². The third-order valence-corrected chi connectivity index (χ3v) is 4.33. The van der Waals surface area contributed by atoms with E-state index in [0.29, 0.717) is 0 Å². The number of hydrogen-bond donors (Lipinski definition) is 1. The van der Waals surface area contributed by atoms with Gasteiger partial charge in [0.25, 0.3) is 0 Å². The van der Waals surface area contributed by atoms with E-state index in [0.717, 1.165) is 29.2 Å². The van der Waals surface area contributed by atoms with Gasteiger partial charge in [0.15, 0.2) is 11.5 Å². The summed E-state index contributed by atoms with van der Waals surface area (Å²) in [4.78, 5) is 16.4. The monoisotopic (exact) mass is 353 g/mol. The molecule has 3 aromatic rings. The molecule has 128 valence electrons. The van der Waals surface area contributed by atoms with Crippen molar-refractivity contribution in [2.24, 2.45) is 0 Å². The Bertz CT molecular complexity index is 862. The molecule has 6 nitrogen and oxygen atoms in total. The van der Waals surface area contributed by atoms with Gasteiger partial charge in [0.05, 0.1) is 6.04 Å². The molecule has 0 spiro atoms. The molecule has 0 saturated carbocycles. The maximum absolute atomic E-state index is 12.3. The first kappa shape index (κ1) is 17.2. The molecule has 0 aromatic carbocycles. The standard InChI is InChI=1S/C18H19N5OS/c1-25-12-9-15(18-22-21-16-6-2-3-11-23(16)18)20-17(24)8-7-14-5-4-10-19-13-14/h2-8,10-11,13,15H,9,12H2,1H3,(H,20,24)/b8-7-. The Labute approximate surface area is 150 Å². The molecule has 1 atom stereocenters. The maximum Gasteiger partial charge on any atom is 0.244 e. The Balaban J connectivity index is 1.77. The molecular weight excluding hydrogens is 334 g/mol. The summed E-state index contributed by atoms with van der Waals surface area (Å²) in [5.74, 6) is 1.49. The van der Waals surface area contributed by atoms with E-state index in [1.54, 1.807) is 30.2 Å². The van der Waals surface area contributed by atoms with Crippen molar-refractivity contribution in [3.8, 4) is 0 Å². The molecule has 1 unspecified atom stereocenters. The van der Waals surface area contributed by atoms with Gasteiger partial charge in [0, 0.05) is 24.7 Å². The molecule has 1 amide bonds. The zero-order chi connectivity index (χ0) is 17.5. The van der Waals surface area contributed by atoms with Crippen LogP contribution in [0.5, 0.6) is 0 Å². The fourth-order valence-corrected chi connectivity index (χ4v) is 2.94. The van der Waals surface area contributed by atoms with Crippen LogP contribution in [0.25, 0.3) is 11.7 Å². The first-order valence-electron chi connectivity index (χ1n) is 7.95.